The first-order valence-corrected chi connectivity index (χ1v) is 5.98. The van der Waals surface area contributed by atoms with Crippen molar-refractivity contribution >= 4 is 23.1 Å². The third kappa shape index (κ3) is 2.41. The Morgan fingerprint density at radius 2 is 2.11 bits per heavy atom. The second-order valence-corrected chi connectivity index (χ2v) is 4.56. The van der Waals surface area contributed by atoms with E-state index < -0.39 is 0 Å². The molecular formula is C12H15ClN4O. The van der Waals surface area contributed by atoms with E-state index in [0.717, 1.165) is 17.0 Å². The van der Waals surface area contributed by atoms with Crippen molar-refractivity contribution in [1.29, 1.82) is 0 Å². The van der Waals surface area contributed by atoms with Gasteiger partial charge in [-0.25, -0.2) is 4.98 Å². The summed E-state index contributed by atoms with van der Waals surface area (Å²) >= 11 is 5.85. The number of nitrogens with one attached hydrogen (secondary N) is 1. The Balaban J connectivity index is 2.26. The van der Waals surface area contributed by atoms with Gasteiger partial charge in [0, 0.05) is 5.56 Å². The van der Waals surface area contributed by atoms with Crippen molar-refractivity contribution in [2.24, 2.45) is 0 Å². The van der Waals surface area contributed by atoms with Crippen molar-refractivity contribution in [3.05, 3.63) is 34.3 Å². The fraction of sp³-hybridized carbons (Fsp3) is 0.333. The van der Waals surface area contributed by atoms with Crippen molar-refractivity contribution < 1.29 is 4.52 Å². The first-order chi connectivity index (χ1) is 8.49. The number of hydrogen-bond acceptors (Lipinski definition) is 5. The first-order valence-electron chi connectivity index (χ1n) is 5.60. The Bertz CT molecular complexity index is 548. The van der Waals surface area contributed by atoms with Gasteiger partial charge in [0.05, 0.1) is 17.4 Å². The van der Waals surface area contributed by atoms with Crippen LogP contribution in [0.1, 0.15) is 30.0 Å². The average molecular weight is 267 g/mol. The van der Waals surface area contributed by atoms with Gasteiger partial charge in [-0.15, -0.1) is 0 Å². The Morgan fingerprint density at radius 3 is 2.72 bits per heavy atom. The second-order valence-electron chi connectivity index (χ2n) is 4.18. The standard InChI is InChI=1S/C12H15ClN4O/c1-6(11-7(2)17-18-8(11)3)15-12-9(14)4-5-10(13)16-12/h4-6H,14H2,1-3H3,(H,15,16). The molecule has 18 heavy (non-hydrogen) atoms. The van der Waals surface area contributed by atoms with E-state index in [9.17, 15) is 0 Å². The number of rotatable bonds is 3. The minimum absolute atomic E-state index is 0.00971. The van der Waals surface area contributed by atoms with Crippen molar-refractivity contribution in [2.45, 2.75) is 26.8 Å². The molecule has 0 radical (unpaired) electrons. The molecule has 2 rings (SSSR count). The van der Waals surface area contributed by atoms with Gasteiger partial charge in [0.2, 0.25) is 0 Å². The number of halogens is 1. The minimum atomic E-state index is -0.00971. The van der Waals surface area contributed by atoms with Gasteiger partial charge in [0.15, 0.2) is 5.82 Å². The molecule has 0 amide bonds. The van der Waals surface area contributed by atoms with E-state index in [2.05, 4.69) is 15.5 Å². The zero-order valence-corrected chi connectivity index (χ0v) is 11.2. The number of anilines is 2. The van der Waals surface area contributed by atoms with Crippen LogP contribution in [0.3, 0.4) is 0 Å². The molecule has 5 nitrogen and oxygen atoms in total. The van der Waals surface area contributed by atoms with E-state index in [1.54, 1.807) is 12.1 Å². The van der Waals surface area contributed by atoms with E-state index in [4.69, 9.17) is 21.9 Å². The molecule has 0 fully saturated rings. The predicted octanol–water partition coefficient (Wildman–Crippen LogP) is 3.10. The SMILES string of the molecule is Cc1noc(C)c1C(C)Nc1nc(Cl)ccc1N. The number of nitrogen functional groups attached to an aromatic ring is 1. The van der Waals surface area contributed by atoms with E-state index in [-0.39, 0.29) is 6.04 Å². The molecule has 2 aromatic heterocycles. The predicted molar refractivity (Wildman–Crippen MR) is 71.7 cm³/mol. The van der Waals surface area contributed by atoms with Crippen molar-refractivity contribution in [3.63, 3.8) is 0 Å². The fourth-order valence-corrected chi connectivity index (χ4v) is 2.09. The number of nitrogens with zero attached hydrogens (tertiary/aromatic N) is 2. The van der Waals surface area contributed by atoms with Crippen LogP contribution in [0.2, 0.25) is 5.15 Å². The molecule has 6 heteroatoms. The van der Waals surface area contributed by atoms with Gasteiger partial charge in [0.25, 0.3) is 0 Å². The third-order valence-corrected chi connectivity index (χ3v) is 2.98. The summed E-state index contributed by atoms with van der Waals surface area (Å²) in [5.74, 6) is 1.35. The summed E-state index contributed by atoms with van der Waals surface area (Å²) < 4.78 is 5.14. The molecule has 0 aromatic carbocycles. The van der Waals surface area contributed by atoms with Crippen LogP contribution in [-0.2, 0) is 0 Å². The Labute approximate surface area is 110 Å². The average Bonchev–Trinajstić information content (AvgIpc) is 2.63. The minimum Gasteiger partial charge on any atom is -0.396 e. The Morgan fingerprint density at radius 1 is 1.39 bits per heavy atom. The summed E-state index contributed by atoms with van der Waals surface area (Å²) in [5.41, 5.74) is 8.26. The highest BCUT2D eigenvalue weighted by molar-refractivity contribution is 6.29. The van der Waals surface area contributed by atoms with Gasteiger partial charge in [-0.1, -0.05) is 16.8 Å². The summed E-state index contributed by atoms with van der Waals surface area (Å²) in [4.78, 5) is 4.16. The number of aryl methyl sites for hydroxylation is 2. The molecule has 3 N–H and O–H groups in total. The number of pyridine rings is 1. The van der Waals surface area contributed by atoms with Crippen LogP contribution in [0.4, 0.5) is 11.5 Å². The number of nitrogens with two attached hydrogens (primary N) is 1. The molecule has 2 aromatic rings. The molecule has 0 aliphatic heterocycles. The molecule has 0 saturated heterocycles. The lowest BCUT2D eigenvalue weighted by atomic mass is 10.1. The van der Waals surface area contributed by atoms with E-state index in [0.29, 0.717) is 16.7 Å². The van der Waals surface area contributed by atoms with Gasteiger partial charge in [-0.3, -0.25) is 0 Å². The molecule has 0 bridgehead atoms. The normalized spacial score (nSPS) is 12.4. The second kappa shape index (κ2) is 4.86. The monoisotopic (exact) mass is 266 g/mol. The zero-order chi connectivity index (χ0) is 13.3. The van der Waals surface area contributed by atoms with E-state index >= 15 is 0 Å². The highest BCUT2D eigenvalue weighted by atomic mass is 35.5. The summed E-state index contributed by atoms with van der Waals surface area (Å²) in [7, 11) is 0. The van der Waals surface area contributed by atoms with Gasteiger partial charge in [-0.2, -0.15) is 0 Å². The van der Waals surface area contributed by atoms with E-state index in [1.807, 2.05) is 20.8 Å². The van der Waals surface area contributed by atoms with Crippen LogP contribution >= 0.6 is 11.6 Å². The topological polar surface area (TPSA) is 77.0 Å². The first kappa shape index (κ1) is 12.7. The summed E-state index contributed by atoms with van der Waals surface area (Å²) in [6.45, 7) is 5.77. The molecule has 0 aliphatic carbocycles. The largest absolute Gasteiger partial charge is 0.396 e. The highest BCUT2D eigenvalue weighted by Gasteiger charge is 2.17. The van der Waals surface area contributed by atoms with Crippen LogP contribution < -0.4 is 11.1 Å². The van der Waals surface area contributed by atoms with Crippen molar-refractivity contribution in [2.75, 3.05) is 11.1 Å². The lowest BCUT2D eigenvalue weighted by Crippen LogP contribution is -2.11. The van der Waals surface area contributed by atoms with Crippen molar-refractivity contribution in [1.82, 2.24) is 10.1 Å². The lowest BCUT2D eigenvalue weighted by molar-refractivity contribution is 0.392. The third-order valence-electron chi connectivity index (χ3n) is 2.77. The molecule has 0 aliphatic rings. The maximum atomic E-state index is 5.85. The molecule has 2 heterocycles. The van der Waals surface area contributed by atoms with Crippen molar-refractivity contribution in [3.8, 4) is 0 Å². The molecular weight excluding hydrogens is 252 g/mol. The summed E-state index contributed by atoms with van der Waals surface area (Å²) in [6, 6.07) is 3.37. The maximum Gasteiger partial charge on any atom is 0.151 e. The smallest absolute Gasteiger partial charge is 0.151 e. The molecule has 0 saturated carbocycles. The van der Waals surface area contributed by atoms with Crippen LogP contribution in [-0.4, -0.2) is 10.1 Å². The summed E-state index contributed by atoms with van der Waals surface area (Å²) in [6.07, 6.45) is 0. The van der Waals surface area contributed by atoms with Crippen LogP contribution in [0, 0.1) is 13.8 Å². The fourth-order valence-electron chi connectivity index (χ4n) is 1.95. The van der Waals surface area contributed by atoms with Crippen LogP contribution in [0.5, 0.6) is 0 Å². The van der Waals surface area contributed by atoms with Gasteiger partial charge in [-0.05, 0) is 32.9 Å². The van der Waals surface area contributed by atoms with Gasteiger partial charge < -0.3 is 15.6 Å². The molecule has 1 atom stereocenters. The zero-order valence-electron chi connectivity index (χ0n) is 10.5. The maximum absolute atomic E-state index is 5.85. The van der Waals surface area contributed by atoms with Gasteiger partial charge >= 0.3 is 0 Å². The molecule has 0 spiro atoms. The molecule has 1 unspecified atom stereocenters. The highest BCUT2D eigenvalue weighted by Crippen LogP contribution is 2.27. The lowest BCUT2D eigenvalue weighted by Gasteiger charge is -2.15. The number of hydrogen-bond donors (Lipinski definition) is 2. The number of aromatic nitrogens is 2. The van der Waals surface area contributed by atoms with Gasteiger partial charge in [0.1, 0.15) is 10.9 Å². The quantitative estimate of drug-likeness (QED) is 0.835. The Hall–Kier alpha value is -1.75. The van der Waals surface area contributed by atoms with Crippen LogP contribution in [0.15, 0.2) is 16.7 Å². The molecule has 96 valence electrons. The Kier molecular flexibility index (Phi) is 3.43. The summed E-state index contributed by atoms with van der Waals surface area (Å²) in [5, 5.41) is 7.54. The van der Waals surface area contributed by atoms with Crippen LogP contribution in [0.25, 0.3) is 0 Å². The van der Waals surface area contributed by atoms with E-state index in [1.165, 1.54) is 0 Å².